The molecule has 4 heteroatoms. The number of nitrogens with two attached hydrogens (primary N) is 1. The van der Waals surface area contributed by atoms with Crippen molar-refractivity contribution in [1.29, 1.82) is 0 Å². The summed E-state index contributed by atoms with van der Waals surface area (Å²) < 4.78 is 0. The first-order valence-electron chi connectivity index (χ1n) is 6.44. The van der Waals surface area contributed by atoms with Crippen molar-refractivity contribution in [2.45, 2.75) is 31.2 Å². The van der Waals surface area contributed by atoms with Crippen molar-refractivity contribution < 1.29 is 0 Å². The summed E-state index contributed by atoms with van der Waals surface area (Å²) in [7, 11) is 0. The van der Waals surface area contributed by atoms with E-state index in [4.69, 9.17) is 17.3 Å². The SMILES string of the molecule is CC1CN(C(c2ccc(Cl)cc2)C(C)N)CCS1. The zero-order valence-electron chi connectivity index (χ0n) is 11.0. The van der Waals surface area contributed by atoms with Crippen LogP contribution in [0.15, 0.2) is 24.3 Å². The first-order valence-corrected chi connectivity index (χ1v) is 7.87. The molecule has 0 aliphatic carbocycles. The van der Waals surface area contributed by atoms with Crippen LogP contribution in [-0.2, 0) is 0 Å². The maximum Gasteiger partial charge on any atom is 0.0497 e. The van der Waals surface area contributed by atoms with Gasteiger partial charge in [0.1, 0.15) is 0 Å². The van der Waals surface area contributed by atoms with Gasteiger partial charge in [-0.2, -0.15) is 11.8 Å². The van der Waals surface area contributed by atoms with Gasteiger partial charge >= 0.3 is 0 Å². The molecule has 0 saturated carbocycles. The molecular weight excluding hydrogens is 264 g/mol. The van der Waals surface area contributed by atoms with Crippen molar-refractivity contribution in [2.24, 2.45) is 5.73 Å². The summed E-state index contributed by atoms with van der Waals surface area (Å²) in [4.78, 5) is 2.51. The highest BCUT2D eigenvalue weighted by molar-refractivity contribution is 7.99. The molecule has 100 valence electrons. The van der Waals surface area contributed by atoms with Gasteiger partial charge in [0.05, 0.1) is 0 Å². The lowest BCUT2D eigenvalue weighted by Crippen LogP contribution is -2.45. The second kappa shape index (κ2) is 6.29. The molecule has 2 rings (SSSR count). The van der Waals surface area contributed by atoms with Crippen LogP contribution in [-0.4, -0.2) is 35.0 Å². The van der Waals surface area contributed by atoms with Crippen molar-refractivity contribution in [3.05, 3.63) is 34.9 Å². The number of rotatable bonds is 3. The van der Waals surface area contributed by atoms with Crippen LogP contribution >= 0.6 is 23.4 Å². The Hall–Kier alpha value is -0.220. The van der Waals surface area contributed by atoms with Gasteiger partial charge in [-0.25, -0.2) is 0 Å². The van der Waals surface area contributed by atoms with E-state index in [9.17, 15) is 0 Å². The normalized spacial score (nSPS) is 24.8. The monoisotopic (exact) mass is 284 g/mol. The summed E-state index contributed by atoms with van der Waals surface area (Å²) in [5.41, 5.74) is 7.47. The van der Waals surface area contributed by atoms with E-state index in [-0.39, 0.29) is 6.04 Å². The Morgan fingerprint density at radius 3 is 2.61 bits per heavy atom. The second-order valence-electron chi connectivity index (χ2n) is 5.03. The van der Waals surface area contributed by atoms with Crippen LogP contribution in [0.3, 0.4) is 0 Å². The van der Waals surface area contributed by atoms with E-state index in [0.29, 0.717) is 11.3 Å². The molecule has 1 aromatic carbocycles. The van der Waals surface area contributed by atoms with Gasteiger partial charge in [0.25, 0.3) is 0 Å². The lowest BCUT2D eigenvalue weighted by Gasteiger charge is -2.39. The van der Waals surface area contributed by atoms with Gasteiger partial charge in [-0.1, -0.05) is 30.7 Å². The molecule has 1 saturated heterocycles. The molecule has 1 aromatic rings. The quantitative estimate of drug-likeness (QED) is 0.924. The van der Waals surface area contributed by atoms with Crippen LogP contribution < -0.4 is 5.73 Å². The second-order valence-corrected chi connectivity index (χ2v) is 7.01. The fraction of sp³-hybridized carbons (Fsp3) is 0.571. The number of hydrogen-bond acceptors (Lipinski definition) is 3. The van der Waals surface area contributed by atoms with E-state index in [1.165, 1.54) is 11.3 Å². The summed E-state index contributed by atoms with van der Waals surface area (Å²) in [5, 5.41) is 1.47. The molecule has 0 spiro atoms. The summed E-state index contributed by atoms with van der Waals surface area (Å²) in [6.45, 7) is 6.60. The van der Waals surface area contributed by atoms with E-state index < -0.39 is 0 Å². The predicted octanol–water partition coefficient (Wildman–Crippen LogP) is 3.17. The molecule has 1 heterocycles. The summed E-state index contributed by atoms with van der Waals surface area (Å²) >= 11 is 8.00. The average molecular weight is 285 g/mol. The minimum atomic E-state index is 0.126. The molecule has 1 aliphatic heterocycles. The molecule has 18 heavy (non-hydrogen) atoms. The van der Waals surface area contributed by atoms with Crippen molar-refractivity contribution in [2.75, 3.05) is 18.8 Å². The van der Waals surface area contributed by atoms with Crippen molar-refractivity contribution in [1.82, 2.24) is 4.90 Å². The third-order valence-electron chi connectivity index (χ3n) is 3.38. The average Bonchev–Trinajstić information content (AvgIpc) is 2.32. The Morgan fingerprint density at radius 2 is 2.06 bits per heavy atom. The Labute approximate surface area is 119 Å². The van der Waals surface area contributed by atoms with E-state index >= 15 is 0 Å². The number of halogens is 1. The molecular formula is C14H21ClN2S. The zero-order valence-corrected chi connectivity index (χ0v) is 12.5. The minimum absolute atomic E-state index is 0.126. The van der Waals surface area contributed by atoms with Crippen molar-refractivity contribution in [3.63, 3.8) is 0 Å². The fourth-order valence-electron chi connectivity index (χ4n) is 2.60. The Kier molecular flexibility index (Phi) is 4.96. The molecule has 0 amide bonds. The maximum atomic E-state index is 6.20. The molecule has 2 nitrogen and oxygen atoms in total. The van der Waals surface area contributed by atoms with E-state index in [1.54, 1.807) is 0 Å². The third-order valence-corrected chi connectivity index (χ3v) is 4.76. The highest BCUT2D eigenvalue weighted by Gasteiger charge is 2.27. The number of thioether (sulfide) groups is 1. The fourth-order valence-corrected chi connectivity index (χ4v) is 3.77. The standard InChI is InChI=1S/C14H21ClN2S/c1-10-9-17(7-8-18-10)14(11(2)16)12-3-5-13(15)6-4-12/h3-6,10-11,14H,7-9,16H2,1-2H3. The first kappa shape index (κ1) is 14.2. The highest BCUT2D eigenvalue weighted by Crippen LogP contribution is 2.29. The molecule has 0 bridgehead atoms. The van der Waals surface area contributed by atoms with Crippen LogP contribution in [0.1, 0.15) is 25.5 Å². The van der Waals surface area contributed by atoms with Gasteiger partial charge in [-0.3, -0.25) is 4.90 Å². The third kappa shape index (κ3) is 3.41. The molecule has 0 aromatic heterocycles. The van der Waals surface area contributed by atoms with Crippen LogP contribution in [0, 0.1) is 0 Å². The summed E-state index contributed by atoms with van der Waals surface area (Å²) in [6, 6.07) is 8.53. The Balaban J connectivity index is 2.19. The zero-order chi connectivity index (χ0) is 13.1. The largest absolute Gasteiger partial charge is 0.326 e. The van der Waals surface area contributed by atoms with Gasteiger partial charge in [0.15, 0.2) is 0 Å². The van der Waals surface area contributed by atoms with E-state index in [1.807, 2.05) is 23.9 Å². The van der Waals surface area contributed by atoms with Crippen molar-refractivity contribution >= 4 is 23.4 Å². The van der Waals surface area contributed by atoms with Gasteiger partial charge in [-0.05, 0) is 24.6 Å². The van der Waals surface area contributed by atoms with E-state index in [0.717, 1.165) is 18.1 Å². The molecule has 3 atom stereocenters. The predicted molar refractivity (Wildman–Crippen MR) is 81.3 cm³/mol. The summed E-state index contributed by atoms with van der Waals surface area (Å²) in [5.74, 6) is 1.19. The van der Waals surface area contributed by atoms with Gasteiger partial charge in [0, 0.05) is 41.2 Å². The van der Waals surface area contributed by atoms with Crippen molar-refractivity contribution in [3.8, 4) is 0 Å². The Morgan fingerprint density at radius 1 is 1.39 bits per heavy atom. The summed E-state index contributed by atoms with van der Waals surface area (Å²) in [6.07, 6.45) is 0. The van der Waals surface area contributed by atoms with Crippen LogP contribution in [0.2, 0.25) is 5.02 Å². The van der Waals surface area contributed by atoms with Crippen LogP contribution in [0.4, 0.5) is 0 Å². The smallest absolute Gasteiger partial charge is 0.0497 e. The Bertz CT molecular complexity index is 380. The van der Waals surface area contributed by atoms with Crippen LogP contribution in [0.25, 0.3) is 0 Å². The lowest BCUT2D eigenvalue weighted by molar-refractivity contribution is 0.184. The van der Waals surface area contributed by atoms with Gasteiger partial charge in [-0.15, -0.1) is 0 Å². The molecule has 1 aliphatic rings. The first-order chi connectivity index (χ1) is 8.58. The molecule has 1 fully saturated rings. The minimum Gasteiger partial charge on any atom is -0.326 e. The number of hydrogen-bond donors (Lipinski definition) is 1. The maximum absolute atomic E-state index is 6.20. The van der Waals surface area contributed by atoms with Gasteiger partial charge in [0.2, 0.25) is 0 Å². The van der Waals surface area contributed by atoms with Crippen LogP contribution in [0.5, 0.6) is 0 Å². The molecule has 3 unspecified atom stereocenters. The van der Waals surface area contributed by atoms with E-state index in [2.05, 4.69) is 30.9 Å². The number of nitrogens with zero attached hydrogens (tertiary/aromatic N) is 1. The lowest BCUT2D eigenvalue weighted by atomic mass is 9.99. The molecule has 2 N–H and O–H groups in total. The number of benzene rings is 1. The highest BCUT2D eigenvalue weighted by atomic mass is 35.5. The topological polar surface area (TPSA) is 29.3 Å². The van der Waals surface area contributed by atoms with Gasteiger partial charge < -0.3 is 5.73 Å². The molecule has 0 radical (unpaired) electrons.